The zero-order valence-corrected chi connectivity index (χ0v) is 12.6. The molecule has 5 heteroatoms. The molecule has 0 aliphatic carbocycles. The van der Waals surface area contributed by atoms with E-state index in [2.05, 4.69) is 22.8 Å². The van der Waals surface area contributed by atoms with Crippen molar-refractivity contribution in [2.45, 2.75) is 25.9 Å². The molecular weight excluding hydrogens is 268 g/mol. The van der Waals surface area contributed by atoms with Gasteiger partial charge in [0.25, 0.3) is 0 Å². The first kappa shape index (κ1) is 14.6. The van der Waals surface area contributed by atoms with E-state index < -0.39 is 0 Å². The van der Waals surface area contributed by atoms with Crippen molar-refractivity contribution in [3.05, 3.63) is 23.8 Å². The van der Waals surface area contributed by atoms with Gasteiger partial charge in [0, 0.05) is 44.3 Å². The maximum absolute atomic E-state index is 9.40. The Morgan fingerprint density at radius 1 is 1.19 bits per heavy atom. The van der Waals surface area contributed by atoms with E-state index in [1.807, 2.05) is 12.1 Å². The molecule has 0 saturated carbocycles. The number of aliphatic hydroxyl groups is 1. The first-order chi connectivity index (χ1) is 10.3. The molecule has 3 rings (SSSR count). The van der Waals surface area contributed by atoms with Crippen molar-refractivity contribution >= 4 is 0 Å². The van der Waals surface area contributed by atoms with Crippen molar-refractivity contribution in [3.63, 3.8) is 0 Å². The van der Waals surface area contributed by atoms with Crippen molar-refractivity contribution in [2.24, 2.45) is 0 Å². The normalized spacial score (nSPS) is 20.7. The fourth-order valence-electron chi connectivity index (χ4n) is 3.15. The summed E-state index contributed by atoms with van der Waals surface area (Å²) in [5.41, 5.74) is 1.20. The summed E-state index contributed by atoms with van der Waals surface area (Å²) in [5, 5.41) is 9.40. The highest BCUT2D eigenvalue weighted by Crippen LogP contribution is 2.36. The third-order valence-corrected chi connectivity index (χ3v) is 4.48. The summed E-state index contributed by atoms with van der Waals surface area (Å²) >= 11 is 0. The van der Waals surface area contributed by atoms with Crippen LogP contribution in [0.1, 0.15) is 18.9 Å². The van der Waals surface area contributed by atoms with Crippen LogP contribution in [0.5, 0.6) is 11.5 Å². The van der Waals surface area contributed by atoms with Crippen molar-refractivity contribution < 1.29 is 14.6 Å². The Morgan fingerprint density at radius 2 is 2.00 bits per heavy atom. The minimum atomic E-state index is 0.258. The third-order valence-electron chi connectivity index (χ3n) is 4.48. The van der Waals surface area contributed by atoms with Crippen LogP contribution in [0.3, 0.4) is 0 Å². The summed E-state index contributed by atoms with van der Waals surface area (Å²) in [4.78, 5) is 4.84. The molecule has 21 heavy (non-hydrogen) atoms. The quantitative estimate of drug-likeness (QED) is 0.886. The van der Waals surface area contributed by atoms with Gasteiger partial charge in [-0.25, -0.2) is 0 Å². The lowest BCUT2D eigenvalue weighted by molar-refractivity contribution is 0.0604. The molecule has 1 aromatic rings. The van der Waals surface area contributed by atoms with Crippen LogP contribution in [-0.2, 0) is 6.54 Å². The van der Waals surface area contributed by atoms with E-state index in [-0.39, 0.29) is 6.61 Å². The molecule has 0 aromatic heterocycles. The van der Waals surface area contributed by atoms with Crippen LogP contribution in [0, 0.1) is 0 Å². The van der Waals surface area contributed by atoms with E-state index in [4.69, 9.17) is 9.47 Å². The lowest BCUT2D eigenvalue weighted by atomic mass is 10.1. The summed E-state index contributed by atoms with van der Waals surface area (Å²) in [7, 11) is 0. The van der Waals surface area contributed by atoms with Crippen LogP contribution in [0.2, 0.25) is 0 Å². The zero-order chi connectivity index (χ0) is 14.7. The molecule has 1 unspecified atom stereocenters. The Balaban J connectivity index is 1.58. The van der Waals surface area contributed by atoms with E-state index in [1.165, 1.54) is 5.56 Å². The van der Waals surface area contributed by atoms with E-state index in [9.17, 15) is 5.11 Å². The second kappa shape index (κ2) is 6.64. The lowest BCUT2D eigenvalue weighted by Crippen LogP contribution is -2.50. The minimum Gasteiger partial charge on any atom is -0.454 e. The van der Waals surface area contributed by atoms with Gasteiger partial charge in [-0.3, -0.25) is 9.80 Å². The van der Waals surface area contributed by atoms with Crippen LogP contribution < -0.4 is 9.47 Å². The molecular formula is C16H24N2O3. The molecule has 2 aliphatic rings. The summed E-state index contributed by atoms with van der Waals surface area (Å²) in [5.74, 6) is 1.76. The number of rotatable bonds is 5. The van der Waals surface area contributed by atoms with Gasteiger partial charge in [0.2, 0.25) is 6.79 Å². The van der Waals surface area contributed by atoms with Gasteiger partial charge in [0.15, 0.2) is 11.5 Å². The van der Waals surface area contributed by atoms with Gasteiger partial charge in [-0.15, -0.1) is 0 Å². The van der Waals surface area contributed by atoms with E-state index >= 15 is 0 Å². The monoisotopic (exact) mass is 292 g/mol. The largest absolute Gasteiger partial charge is 0.454 e. The van der Waals surface area contributed by atoms with Gasteiger partial charge in [-0.2, -0.15) is 0 Å². The molecule has 5 nitrogen and oxygen atoms in total. The minimum absolute atomic E-state index is 0.258. The van der Waals surface area contributed by atoms with Crippen LogP contribution in [0.4, 0.5) is 0 Å². The molecule has 2 heterocycles. The Hall–Kier alpha value is -1.30. The molecule has 0 bridgehead atoms. The number of fused-ring (bicyclic) bond motifs is 1. The molecule has 0 radical (unpaired) electrons. The SMILES string of the molecule is CCC(CO)N1CCN(Cc2cccc3c2OCO3)CC1. The van der Waals surface area contributed by atoms with Gasteiger partial charge in [0.1, 0.15) is 0 Å². The Morgan fingerprint density at radius 3 is 2.71 bits per heavy atom. The number of hydrogen-bond donors (Lipinski definition) is 1. The molecule has 1 N–H and O–H groups in total. The number of nitrogens with zero attached hydrogens (tertiary/aromatic N) is 2. The topological polar surface area (TPSA) is 45.2 Å². The van der Waals surface area contributed by atoms with Crippen molar-refractivity contribution in [1.29, 1.82) is 0 Å². The molecule has 1 fully saturated rings. The predicted molar refractivity (Wildman–Crippen MR) is 80.6 cm³/mol. The van der Waals surface area contributed by atoms with Gasteiger partial charge >= 0.3 is 0 Å². The van der Waals surface area contributed by atoms with Gasteiger partial charge < -0.3 is 14.6 Å². The fraction of sp³-hybridized carbons (Fsp3) is 0.625. The molecule has 116 valence electrons. The number of benzene rings is 1. The second-order valence-corrected chi connectivity index (χ2v) is 5.71. The summed E-state index contributed by atoms with van der Waals surface area (Å²) in [6.45, 7) is 7.72. The predicted octanol–water partition coefficient (Wildman–Crippen LogP) is 1.30. The average molecular weight is 292 g/mol. The van der Waals surface area contributed by atoms with E-state index in [1.54, 1.807) is 0 Å². The highest BCUT2D eigenvalue weighted by atomic mass is 16.7. The maximum Gasteiger partial charge on any atom is 0.231 e. The number of aliphatic hydroxyl groups excluding tert-OH is 1. The molecule has 1 saturated heterocycles. The van der Waals surface area contributed by atoms with Gasteiger partial charge in [-0.05, 0) is 12.5 Å². The summed E-state index contributed by atoms with van der Waals surface area (Å²) in [6.07, 6.45) is 1.01. The first-order valence-corrected chi connectivity index (χ1v) is 7.76. The molecule has 1 aromatic carbocycles. The Kier molecular flexibility index (Phi) is 4.63. The van der Waals surface area contributed by atoms with E-state index in [0.717, 1.165) is 50.6 Å². The van der Waals surface area contributed by atoms with Crippen molar-refractivity contribution in [3.8, 4) is 11.5 Å². The maximum atomic E-state index is 9.40. The Bertz CT molecular complexity index is 469. The van der Waals surface area contributed by atoms with Crippen LogP contribution in [0.25, 0.3) is 0 Å². The first-order valence-electron chi connectivity index (χ1n) is 7.76. The summed E-state index contributed by atoms with van der Waals surface area (Å²) in [6, 6.07) is 6.40. The zero-order valence-electron chi connectivity index (χ0n) is 12.6. The van der Waals surface area contributed by atoms with Gasteiger partial charge in [0.05, 0.1) is 6.61 Å². The molecule has 2 aliphatic heterocycles. The lowest BCUT2D eigenvalue weighted by Gasteiger charge is -2.38. The number of para-hydroxylation sites is 1. The molecule has 0 spiro atoms. The highest BCUT2D eigenvalue weighted by molar-refractivity contribution is 5.48. The Labute approximate surface area is 126 Å². The second-order valence-electron chi connectivity index (χ2n) is 5.71. The van der Waals surface area contributed by atoms with Gasteiger partial charge in [-0.1, -0.05) is 19.1 Å². The van der Waals surface area contributed by atoms with Crippen molar-refractivity contribution in [1.82, 2.24) is 9.80 Å². The fourth-order valence-corrected chi connectivity index (χ4v) is 3.15. The van der Waals surface area contributed by atoms with Crippen molar-refractivity contribution in [2.75, 3.05) is 39.6 Å². The van der Waals surface area contributed by atoms with E-state index in [0.29, 0.717) is 12.8 Å². The standard InChI is InChI=1S/C16H24N2O3/c1-2-14(11-19)18-8-6-17(7-9-18)10-13-4-3-5-15-16(13)21-12-20-15/h3-5,14,19H,2,6-12H2,1H3. The number of piperazine rings is 1. The summed E-state index contributed by atoms with van der Waals surface area (Å²) < 4.78 is 11.0. The molecule has 0 amide bonds. The van der Waals surface area contributed by atoms with Crippen LogP contribution in [0.15, 0.2) is 18.2 Å². The smallest absolute Gasteiger partial charge is 0.231 e. The van der Waals surface area contributed by atoms with Crippen LogP contribution in [-0.4, -0.2) is 60.5 Å². The number of ether oxygens (including phenoxy) is 2. The molecule has 1 atom stereocenters. The average Bonchev–Trinajstić information content (AvgIpc) is 3.00. The third kappa shape index (κ3) is 3.15. The number of hydrogen-bond acceptors (Lipinski definition) is 5. The van der Waals surface area contributed by atoms with Crippen LogP contribution >= 0.6 is 0 Å². The highest BCUT2D eigenvalue weighted by Gasteiger charge is 2.24.